The van der Waals surface area contributed by atoms with Gasteiger partial charge in [-0.3, -0.25) is 9.59 Å². The maximum Gasteiger partial charge on any atom is 0.305 e. The van der Waals surface area contributed by atoms with Crippen molar-refractivity contribution in [2.45, 2.75) is 241 Å². The standard InChI is InChI=1S/C47H92O6/c1-8-12-16-25-33-42(30-15-11-4)39-52-45(48)34-26-19-17-21-28-36-50-41-44(38-47(5,6)7)51-37-29-22-18-20-27-35-46(49)53-40-43(31-23-13-9-2)32-24-14-10-3/h42-44H,8-41H2,1-7H3. The molecule has 6 nitrogen and oxygen atoms in total. The van der Waals surface area contributed by atoms with E-state index in [1.807, 2.05) is 0 Å². The van der Waals surface area contributed by atoms with E-state index < -0.39 is 0 Å². The lowest BCUT2D eigenvalue weighted by atomic mass is 9.89. The van der Waals surface area contributed by atoms with E-state index in [2.05, 4.69) is 48.5 Å². The summed E-state index contributed by atoms with van der Waals surface area (Å²) in [6, 6.07) is 0. The first-order valence-corrected chi connectivity index (χ1v) is 23.2. The summed E-state index contributed by atoms with van der Waals surface area (Å²) >= 11 is 0. The van der Waals surface area contributed by atoms with Gasteiger partial charge in [0, 0.05) is 26.1 Å². The summed E-state index contributed by atoms with van der Waals surface area (Å²) < 4.78 is 23.8. The number of esters is 2. The Labute approximate surface area is 330 Å². The van der Waals surface area contributed by atoms with Crippen LogP contribution in [-0.4, -0.2) is 51.1 Å². The Morgan fingerprint density at radius 2 is 0.849 bits per heavy atom. The van der Waals surface area contributed by atoms with Crippen molar-refractivity contribution in [1.82, 2.24) is 0 Å². The maximum absolute atomic E-state index is 12.4. The molecule has 0 heterocycles. The molecular weight excluding hydrogens is 661 g/mol. The fourth-order valence-electron chi connectivity index (χ4n) is 7.13. The lowest BCUT2D eigenvalue weighted by Crippen LogP contribution is -2.26. The van der Waals surface area contributed by atoms with Crippen molar-refractivity contribution in [1.29, 1.82) is 0 Å². The van der Waals surface area contributed by atoms with Crippen molar-refractivity contribution in [2.24, 2.45) is 17.3 Å². The Bertz CT molecular complexity index is 782. The van der Waals surface area contributed by atoms with E-state index in [4.69, 9.17) is 18.9 Å². The van der Waals surface area contributed by atoms with Gasteiger partial charge in [-0.05, 0) is 75.0 Å². The molecule has 316 valence electrons. The summed E-state index contributed by atoms with van der Waals surface area (Å²) in [4.78, 5) is 24.7. The summed E-state index contributed by atoms with van der Waals surface area (Å²) in [7, 11) is 0. The van der Waals surface area contributed by atoms with Gasteiger partial charge in [-0.1, -0.05) is 164 Å². The summed E-state index contributed by atoms with van der Waals surface area (Å²) in [6.45, 7) is 19.2. The topological polar surface area (TPSA) is 71.1 Å². The zero-order chi connectivity index (χ0) is 39.3. The van der Waals surface area contributed by atoms with E-state index in [-0.39, 0.29) is 23.5 Å². The van der Waals surface area contributed by atoms with Crippen LogP contribution in [0.1, 0.15) is 235 Å². The van der Waals surface area contributed by atoms with E-state index in [9.17, 15) is 9.59 Å². The Balaban J connectivity index is 4.03. The van der Waals surface area contributed by atoms with Gasteiger partial charge in [-0.2, -0.15) is 0 Å². The molecule has 0 aliphatic carbocycles. The predicted molar refractivity (Wildman–Crippen MR) is 226 cm³/mol. The summed E-state index contributed by atoms with van der Waals surface area (Å²) in [5.74, 6) is 1.04. The van der Waals surface area contributed by atoms with E-state index in [1.165, 1.54) is 103 Å². The third-order valence-corrected chi connectivity index (χ3v) is 10.5. The molecule has 0 saturated heterocycles. The summed E-state index contributed by atoms with van der Waals surface area (Å²) in [5.41, 5.74) is 0.194. The van der Waals surface area contributed by atoms with E-state index >= 15 is 0 Å². The second-order valence-electron chi connectivity index (χ2n) is 17.4. The quantitative estimate of drug-likeness (QED) is 0.0458. The van der Waals surface area contributed by atoms with Crippen molar-refractivity contribution in [2.75, 3.05) is 33.0 Å². The van der Waals surface area contributed by atoms with E-state index in [0.717, 1.165) is 83.8 Å². The fourth-order valence-corrected chi connectivity index (χ4v) is 7.13. The number of hydrogen-bond acceptors (Lipinski definition) is 6. The molecule has 0 N–H and O–H groups in total. The highest BCUT2D eigenvalue weighted by Crippen LogP contribution is 2.24. The number of unbranched alkanes of at least 4 members (excludes halogenated alkanes) is 16. The molecule has 0 fully saturated rings. The number of ether oxygens (including phenoxy) is 4. The Hall–Kier alpha value is -1.14. The first-order chi connectivity index (χ1) is 25.6. The van der Waals surface area contributed by atoms with Crippen LogP contribution in [0.5, 0.6) is 0 Å². The second kappa shape index (κ2) is 37.8. The smallest absolute Gasteiger partial charge is 0.305 e. The van der Waals surface area contributed by atoms with Gasteiger partial charge in [0.25, 0.3) is 0 Å². The molecule has 0 aliphatic rings. The highest BCUT2D eigenvalue weighted by atomic mass is 16.5. The molecule has 0 amide bonds. The van der Waals surface area contributed by atoms with Crippen LogP contribution in [0.3, 0.4) is 0 Å². The Kier molecular flexibility index (Phi) is 37.0. The Morgan fingerprint density at radius 1 is 0.453 bits per heavy atom. The van der Waals surface area contributed by atoms with Gasteiger partial charge in [0.05, 0.1) is 25.9 Å². The second-order valence-corrected chi connectivity index (χ2v) is 17.4. The number of carbonyl (C=O) groups excluding carboxylic acids is 2. The van der Waals surface area contributed by atoms with E-state index in [1.54, 1.807) is 0 Å². The van der Waals surface area contributed by atoms with Crippen LogP contribution in [0.15, 0.2) is 0 Å². The highest BCUT2D eigenvalue weighted by Gasteiger charge is 2.20. The number of rotatable bonds is 40. The number of hydrogen-bond donors (Lipinski definition) is 0. The van der Waals surface area contributed by atoms with Gasteiger partial charge in [0.1, 0.15) is 0 Å². The molecule has 0 aliphatic heterocycles. The molecule has 0 spiro atoms. The minimum absolute atomic E-state index is 0.0130. The highest BCUT2D eigenvalue weighted by molar-refractivity contribution is 5.69. The van der Waals surface area contributed by atoms with Crippen LogP contribution >= 0.6 is 0 Å². The molecule has 2 atom stereocenters. The average molecular weight is 753 g/mol. The third-order valence-electron chi connectivity index (χ3n) is 10.5. The van der Waals surface area contributed by atoms with Gasteiger partial charge in [0.15, 0.2) is 0 Å². The number of carbonyl (C=O) groups is 2. The van der Waals surface area contributed by atoms with Crippen molar-refractivity contribution in [3.05, 3.63) is 0 Å². The van der Waals surface area contributed by atoms with Crippen molar-refractivity contribution in [3.8, 4) is 0 Å². The van der Waals surface area contributed by atoms with Gasteiger partial charge >= 0.3 is 11.9 Å². The summed E-state index contributed by atoms with van der Waals surface area (Å²) in [5, 5.41) is 0. The average Bonchev–Trinajstić information content (AvgIpc) is 3.12. The van der Waals surface area contributed by atoms with Gasteiger partial charge in [-0.25, -0.2) is 0 Å². The maximum atomic E-state index is 12.4. The van der Waals surface area contributed by atoms with Crippen LogP contribution < -0.4 is 0 Å². The summed E-state index contributed by atoms with van der Waals surface area (Å²) in [6.07, 6.45) is 32.7. The molecule has 53 heavy (non-hydrogen) atoms. The Morgan fingerprint density at radius 3 is 1.34 bits per heavy atom. The third kappa shape index (κ3) is 37.6. The monoisotopic (exact) mass is 753 g/mol. The van der Waals surface area contributed by atoms with Crippen molar-refractivity contribution < 1.29 is 28.5 Å². The van der Waals surface area contributed by atoms with Crippen molar-refractivity contribution in [3.63, 3.8) is 0 Å². The lowest BCUT2D eigenvalue weighted by molar-refractivity contribution is -0.146. The normalized spacial score (nSPS) is 13.1. The van der Waals surface area contributed by atoms with Crippen LogP contribution in [0.2, 0.25) is 0 Å². The van der Waals surface area contributed by atoms with Crippen LogP contribution in [0.25, 0.3) is 0 Å². The fraction of sp³-hybridized carbons (Fsp3) is 0.957. The minimum atomic E-state index is -0.0139. The van der Waals surface area contributed by atoms with Crippen LogP contribution in [0.4, 0.5) is 0 Å². The SMILES string of the molecule is CCCCCCC(CCCC)COC(=O)CCCCCCCOCC(CC(C)(C)C)OCCCCCCCC(=O)OCC(CCCCC)CCCCC. The van der Waals surface area contributed by atoms with E-state index in [0.29, 0.717) is 44.5 Å². The largest absolute Gasteiger partial charge is 0.465 e. The molecule has 0 aromatic heterocycles. The predicted octanol–water partition coefficient (Wildman–Crippen LogP) is 14.1. The first-order valence-electron chi connectivity index (χ1n) is 23.2. The molecule has 0 bridgehead atoms. The zero-order valence-electron chi connectivity index (χ0n) is 36.7. The van der Waals surface area contributed by atoms with Crippen molar-refractivity contribution >= 4 is 11.9 Å². The molecular formula is C47H92O6. The van der Waals surface area contributed by atoms with Gasteiger partial charge < -0.3 is 18.9 Å². The molecule has 0 rings (SSSR count). The van der Waals surface area contributed by atoms with Gasteiger partial charge in [-0.15, -0.1) is 0 Å². The van der Waals surface area contributed by atoms with Crippen LogP contribution in [0, 0.1) is 17.3 Å². The van der Waals surface area contributed by atoms with Crippen LogP contribution in [-0.2, 0) is 28.5 Å². The molecule has 6 heteroatoms. The molecule has 0 saturated carbocycles. The molecule has 0 aromatic carbocycles. The molecule has 0 radical (unpaired) electrons. The first kappa shape index (κ1) is 51.9. The zero-order valence-corrected chi connectivity index (χ0v) is 36.7. The molecule has 2 unspecified atom stereocenters. The van der Waals surface area contributed by atoms with Gasteiger partial charge in [0.2, 0.25) is 0 Å². The lowest BCUT2D eigenvalue weighted by Gasteiger charge is -2.26. The molecule has 0 aromatic rings. The minimum Gasteiger partial charge on any atom is -0.465 e.